The summed E-state index contributed by atoms with van der Waals surface area (Å²) >= 11 is 5.97. The average molecular weight is 503 g/mol. The molecule has 7 N–H and O–H groups in total. The summed E-state index contributed by atoms with van der Waals surface area (Å²) in [6.45, 7) is 0. The number of nitrogens with one attached hydrogen (secondary N) is 2. The van der Waals surface area contributed by atoms with Gasteiger partial charge in [0, 0.05) is 21.8 Å². The number of nitrogens with zero attached hydrogens (tertiary/aromatic N) is 2. The van der Waals surface area contributed by atoms with E-state index >= 15 is 0 Å². The molecule has 2 aromatic carbocycles. The molecule has 0 atom stereocenters. The summed E-state index contributed by atoms with van der Waals surface area (Å²) in [6, 6.07) is 17.8. The number of rotatable bonds is 6. The van der Waals surface area contributed by atoms with Crippen molar-refractivity contribution in [3.63, 3.8) is 0 Å². The number of phenolic OH excluding ortho intramolecular Hbond substituents is 1. The lowest BCUT2D eigenvalue weighted by Crippen LogP contribution is -2.43. The second-order valence-corrected chi connectivity index (χ2v) is 8.02. The van der Waals surface area contributed by atoms with Crippen molar-refractivity contribution in [1.29, 1.82) is 5.26 Å². The van der Waals surface area contributed by atoms with Gasteiger partial charge in [0.1, 0.15) is 23.5 Å². The van der Waals surface area contributed by atoms with E-state index in [0.29, 0.717) is 27.4 Å². The third-order valence-electron chi connectivity index (χ3n) is 5.09. The largest absolute Gasteiger partial charge is 0.507 e. The lowest BCUT2D eigenvalue weighted by molar-refractivity contribution is -0.117. The summed E-state index contributed by atoms with van der Waals surface area (Å²) in [7, 11) is 0. The molecule has 0 saturated carbocycles. The Morgan fingerprint density at radius 2 is 1.86 bits per heavy atom. The molecule has 11 heteroatoms. The molecule has 180 valence electrons. The highest BCUT2D eigenvalue weighted by atomic mass is 35.5. The number of hydrogen-bond donors (Lipinski definition) is 5. The van der Waals surface area contributed by atoms with Crippen molar-refractivity contribution in [2.75, 3.05) is 10.6 Å². The number of aromatic nitrogens is 1. The highest BCUT2D eigenvalue weighted by Gasteiger charge is 2.20. The van der Waals surface area contributed by atoms with Gasteiger partial charge in [0.2, 0.25) is 0 Å². The van der Waals surface area contributed by atoms with Gasteiger partial charge in [-0.15, -0.1) is 0 Å². The molecule has 0 aliphatic rings. The highest BCUT2D eigenvalue weighted by Crippen LogP contribution is 2.37. The molecule has 0 saturated heterocycles. The maximum Gasteiger partial charge on any atom is 0.292 e. The van der Waals surface area contributed by atoms with Gasteiger partial charge < -0.3 is 31.6 Å². The van der Waals surface area contributed by atoms with Gasteiger partial charge in [0.15, 0.2) is 11.6 Å². The number of nitriles is 1. The molecule has 0 fully saturated rings. The van der Waals surface area contributed by atoms with Gasteiger partial charge >= 0.3 is 0 Å². The molecule has 4 aromatic rings. The van der Waals surface area contributed by atoms with Gasteiger partial charge in [0.25, 0.3) is 11.8 Å². The van der Waals surface area contributed by atoms with Gasteiger partial charge in [-0.3, -0.25) is 9.59 Å². The molecule has 36 heavy (non-hydrogen) atoms. The molecule has 0 spiro atoms. The normalized spacial score (nSPS) is 10.6. The van der Waals surface area contributed by atoms with E-state index in [4.69, 9.17) is 27.5 Å². The number of hydrogen-bond acceptors (Lipinski definition) is 8. The first-order valence-electron chi connectivity index (χ1n) is 10.5. The van der Waals surface area contributed by atoms with E-state index in [2.05, 4.69) is 21.7 Å². The fourth-order valence-electron chi connectivity index (χ4n) is 3.40. The van der Waals surface area contributed by atoms with Crippen molar-refractivity contribution in [3.8, 4) is 34.2 Å². The maximum absolute atomic E-state index is 12.7. The van der Waals surface area contributed by atoms with Crippen molar-refractivity contribution >= 4 is 34.9 Å². The van der Waals surface area contributed by atoms with Crippen LogP contribution in [0.2, 0.25) is 5.02 Å². The summed E-state index contributed by atoms with van der Waals surface area (Å²) in [5.41, 5.74) is 12.7. The molecule has 2 amide bonds. The Bertz CT molecular complexity index is 1500. The van der Waals surface area contributed by atoms with Gasteiger partial charge in [-0.1, -0.05) is 23.7 Å². The quantitative estimate of drug-likeness (QED) is 0.247. The van der Waals surface area contributed by atoms with Crippen LogP contribution in [0.3, 0.4) is 0 Å². The number of pyridine rings is 1. The number of nitrogens with two attached hydrogens (primary N) is 2. The SMILES string of the molecule is N#Cc1c(-c2cccc(NC(=O)C(N)N)c2)cc(-c2ccc(Cl)cc2O)nc1NC(=O)c1ccco1. The first-order chi connectivity index (χ1) is 17.3. The summed E-state index contributed by atoms with van der Waals surface area (Å²) in [4.78, 5) is 29.1. The zero-order valence-corrected chi connectivity index (χ0v) is 19.3. The number of anilines is 2. The summed E-state index contributed by atoms with van der Waals surface area (Å²) in [6.07, 6.45) is 0.126. The van der Waals surface area contributed by atoms with Crippen LogP contribution in [0.1, 0.15) is 16.1 Å². The number of halogens is 1. The van der Waals surface area contributed by atoms with E-state index in [1.54, 1.807) is 48.5 Å². The van der Waals surface area contributed by atoms with Crippen LogP contribution in [0, 0.1) is 11.3 Å². The molecule has 2 heterocycles. The topological polar surface area (TPSA) is 180 Å². The van der Waals surface area contributed by atoms with Crippen LogP contribution in [0.4, 0.5) is 11.5 Å². The Labute approximate surface area is 210 Å². The van der Waals surface area contributed by atoms with Gasteiger partial charge in [-0.2, -0.15) is 5.26 Å². The number of aromatic hydroxyl groups is 1. The number of carbonyl (C=O) groups is 2. The number of benzene rings is 2. The van der Waals surface area contributed by atoms with E-state index in [9.17, 15) is 20.0 Å². The second kappa shape index (κ2) is 10.3. The van der Waals surface area contributed by atoms with Crippen LogP contribution < -0.4 is 22.1 Å². The van der Waals surface area contributed by atoms with Crippen LogP contribution in [0.25, 0.3) is 22.4 Å². The predicted octanol–water partition coefficient (Wildman–Crippen LogP) is 3.67. The molecule has 0 aliphatic heterocycles. The maximum atomic E-state index is 12.7. The molecule has 0 radical (unpaired) electrons. The molecular weight excluding hydrogens is 484 g/mol. The standard InChI is InChI=1S/C25H19ClN6O4/c26-14-6-7-16(20(33)10-14)19-11-17(13-3-1-4-15(9-13)30-25(35)22(28)29)18(12-27)23(31-19)32-24(34)21-5-2-8-36-21/h1-11,22,33H,28-29H2,(H,30,35)(H,31,32,34). The fraction of sp³-hybridized carbons (Fsp3) is 0.0400. The summed E-state index contributed by atoms with van der Waals surface area (Å²) < 4.78 is 5.14. The minimum absolute atomic E-state index is 0.0183. The van der Waals surface area contributed by atoms with E-state index < -0.39 is 18.0 Å². The van der Waals surface area contributed by atoms with Crippen LogP contribution in [0.15, 0.2) is 71.3 Å². The van der Waals surface area contributed by atoms with Crippen molar-refractivity contribution in [1.82, 2.24) is 4.98 Å². The number of furan rings is 1. The molecule has 0 unspecified atom stereocenters. The Balaban J connectivity index is 1.88. The second-order valence-electron chi connectivity index (χ2n) is 7.58. The summed E-state index contributed by atoms with van der Waals surface area (Å²) in [5.74, 6) is -1.40. The smallest absolute Gasteiger partial charge is 0.292 e. The van der Waals surface area contributed by atoms with Crippen LogP contribution >= 0.6 is 11.6 Å². The highest BCUT2D eigenvalue weighted by molar-refractivity contribution is 6.30. The lowest BCUT2D eigenvalue weighted by Gasteiger charge is -2.15. The van der Waals surface area contributed by atoms with Crippen molar-refractivity contribution in [3.05, 3.63) is 83.3 Å². The van der Waals surface area contributed by atoms with Crippen LogP contribution in [0.5, 0.6) is 5.75 Å². The van der Waals surface area contributed by atoms with E-state index in [0.717, 1.165) is 0 Å². The zero-order valence-electron chi connectivity index (χ0n) is 18.5. The van der Waals surface area contributed by atoms with Crippen LogP contribution in [-0.2, 0) is 4.79 Å². The molecular formula is C25H19ClN6O4. The van der Waals surface area contributed by atoms with Gasteiger partial charge in [0.05, 0.1) is 12.0 Å². The number of phenols is 1. The first-order valence-corrected chi connectivity index (χ1v) is 10.9. The Morgan fingerprint density at radius 3 is 2.53 bits per heavy atom. The van der Waals surface area contributed by atoms with E-state index in [-0.39, 0.29) is 28.6 Å². The Kier molecular flexibility index (Phi) is 6.98. The lowest BCUT2D eigenvalue weighted by atomic mass is 9.97. The number of carbonyl (C=O) groups excluding carboxylic acids is 2. The first kappa shape index (κ1) is 24.4. The third-order valence-corrected chi connectivity index (χ3v) is 5.32. The van der Waals surface area contributed by atoms with Crippen LogP contribution in [-0.4, -0.2) is 28.1 Å². The van der Waals surface area contributed by atoms with E-state index in [1.807, 2.05) is 0 Å². The minimum Gasteiger partial charge on any atom is -0.507 e. The Morgan fingerprint density at radius 1 is 1.06 bits per heavy atom. The minimum atomic E-state index is -1.22. The van der Waals surface area contributed by atoms with E-state index in [1.165, 1.54) is 18.4 Å². The van der Waals surface area contributed by atoms with Crippen molar-refractivity contribution in [2.24, 2.45) is 11.5 Å². The summed E-state index contributed by atoms with van der Waals surface area (Å²) in [5, 5.41) is 26.0. The third kappa shape index (κ3) is 5.18. The monoisotopic (exact) mass is 502 g/mol. The van der Waals surface area contributed by atoms with Gasteiger partial charge in [-0.05, 0) is 54.1 Å². The Hall–Kier alpha value is -4.69. The molecule has 0 aliphatic carbocycles. The zero-order chi connectivity index (χ0) is 25.8. The predicted molar refractivity (Wildman–Crippen MR) is 134 cm³/mol. The molecule has 2 aromatic heterocycles. The van der Waals surface area contributed by atoms with Crippen molar-refractivity contribution < 1.29 is 19.1 Å². The van der Waals surface area contributed by atoms with Gasteiger partial charge in [-0.25, -0.2) is 4.98 Å². The molecule has 10 nitrogen and oxygen atoms in total. The molecule has 0 bridgehead atoms. The number of amides is 2. The molecule has 4 rings (SSSR count). The fourth-order valence-corrected chi connectivity index (χ4v) is 3.57. The van der Waals surface area contributed by atoms with Crippen molar-refractivity contribution in [2.45, 2.75) is 6.17 Å². The average Bonchev–Trinajstić information content (AvgIpc) is 3.39.